The summed E-state index contributed by atoms with van der Waals surface area (Å²) in [5.74, 6) is 0. The SMILES string of the molecule is NC1CCCCC1n1cnc2c(cc(Cc3ccc(Cl)nc3)c3ccccc32)c1=O. The quantitative estimate of drug-likeness (QED) is 0.388. The van der Waals surface area contributed by atoms with E-state index in [1.54, 1.807) is 23.2 Å². The predicted octanol–water partition coefficient (Wildman–Crippen LogP) is 4.63. The van der Waals surface area contributed by atoms with Gasteiger partial charge in [-0.05, 0) is 47.9 Å². The Labute approximate surface area is 179 Å². The maximum atomic E-state index is 13.5. The number of halogens is 1. The summed E-state index contributed by atoms with van der Waals surface area (Å²) in [6, 6.07) is 13.9. The second kappa shape index (κ2) is 7.82. The smallest absolute Gasteiger partial charge is 0.261 e. The summed E-state index contributed by atoms with van der Waals surface area (Å²) in [4.78, 5) is 22.4. The molecule has 2 aromatic heterocycles. The van der Waals surface area contributed by atoms with Gasteiger partial charge >= 0.3 is 0 Å². The molecule has 5 nitrogen and oxygen atoms in total. The van der Waals surface area contributed by atoms with Crippen molar-refractivity contribution >= 4 is 33.3 Å². The zero-order chi connectivity index (χ0) is 20.7. The van der Waals surface area contributed by atoms with E-state index in [9.17, 15) is 4.79 Å². The summed E-state index contributed by atoms with van der Waals surface area (Å²) in [7, 11) is 0. The first-order chi connectivity index (χ1) is 14.6. The molecule has 2 aromatic carbocycles. The van der Waals surface area contributed by atoms with Crippen LogP contribution in [0.3, 0.4) is 0 Å². The van der Waals surface area contributed by atoms with Crippen LogP contribution in [0.25, 0.3) is 21.7 Å². The van der Waals surface area contributed by atoms with Gasteiger partial charge in [-0.25, -0.2) is 9.97 Å². The maximum absolute atomic E-state index is 13.5. The number of hydrogen-bond donors (Lipinski definition) is 1. The monoisotopic (exact) mass is 418 g/mol. The van der Waals surface area contributed by atoms with Crippen molar-refractivity contribution in [2.75, 3.05) is 0 Å². The van der Waals surface area contributed by atoms with E-state index in [0.717, 1.165) is 53.1 Å². The first-order valence-electron chi connectivity index (χ1n) is 10.4. The highest BCUT2D eigenvalue weighted by Gasteiger charge is 2.25. The molecule has 1 fully saturated rings. The standard InChI is InChI=1S/C24H23ClN4O/c25-22-10-9-15(13-27-22)11-16-12-19-23(18-6-2-1-5-17(16)18)28-14-29(24(19)30)21-8-4-3-7-20(21)26/h1-2,5-6,9-10,12-14,20-21H,3-4,7-8,11,26H2. The molecule has 0 amide bonds. The Morgan fingerprint density at radius 2 is 1.83 bits per heavy atom. The van der Waals surface area contributed by atoms with Gasteiger partial charge in [0.05, 0.1) is 23.3 Å². The summed E-state index contributed by atoms with van der Waals surface area (Å²) in [6.45, 7) is 0. The number of benzene rings is 2. The van der Waals surface area contributed by atoms with Gasteiger partial charge < -0.3 is 5.73 Å². The van der Waals surface area contributed by atoms with Gasteiger partial charge in [0.25, 0.3) is 5.56 Å². The lowest BCUT2D eigenvalue weighted by Gasteiger charge is -2.30. The number of rotatable bonds is 3. The van der Waals surface area contributed by atoms with E-state index in [1.807, 2.05) is 30.3 Å². The number of hydrogen-bond acceptors (Lipinski definition) is 4. The zero-order valence-corrected chi connectivity index (χ0v) is 17.3. The highest BCUT2D eigenvalue weighted by molar-refractivity contribution is 6.29. The van der Waals surface area contributed by atoms with Gasteiger partial charge in [-0.3, -0.25) is 9.36 Å². The fourth-order valence-electron chi connectivity index (χ4n) is 4.65. The lowest BCUT2D eigenvalue weighted by molar-refractivity contribution is 0.299. The van der Waals surface area contributed by atoms with Crippen LogP contribution < -0.4 is 11.3 Å². The van der Waals surface area contributed by atoms with Gasteiger partial charge in [0, 0.05) is 17.6 Å². The van der Waals surface area contributed by atoms with Gasteiger partial charge in [0.1, 0.15) is 5.15 Å². The third kappa shape index (κ3) is 3.38. The number of aromatic nitrogens is 3. The van der Waals surface area contributed by atoms with Gasteiger partial charge in [-0.1, -0.05) is 54.8 Å². The van der Waals surface area contributed by atoms with Crippen molar-refractivity contribution in [3.63, 3.8) is 0 Å². The Kier molecular flexibility index (Phi) is 5.01. The van der Waals surface area contributed by atoms with Crippen LogP contribution in [0.1, 0.15) is 42.9 Å². The zero-order valence-electron chi connectivity index (χ0n) is 16.6. The van der Waals surface area contributed by atoms with E-state index < -0.39 is 0 Å². The minimum atomic E-state index is -0.0106. The van der Waals surface area contributed by atoms with E-state index in [2.05, 4.69) is 11.1 Å². The normalized spacial score (nSPS) is 19.4. The average Bonchev–Trinajstić information content (AvgIpc) is 2.77. The Bertz CT molecular complexity index is 1280. The molecule has 5 rings (SSSR count). The summed E-state index contributed by atoms with van der Waals surface area (Å²) < 4.78 is 1.76. The lowest BCUT2D eigenvalue weighted by Crippen LogP contribution is -2.39. The molecular weight excluding hydrogens is 396 g/mol. The van der Waals surface area contributed by atoms with Crippen molar-refractivity contribution in [3.05, 3.63) is 81.6 Å². The van der Waals surface area contributed by atoms with Crippen LogP contribution >= 0.6 is 11.6 Å². The Hall–Kier alpha value is -2.76. The number of nitrogens with zero attached hydrogens (tertiary/aromatic N) is 3. The second-order valence-corrected chi connectivity index (χ2v) is 8.50. The molecule has 2 N–H and O–H groups in total. The maximum Gasteiger partial charge on any atom is 0.261 e. The minimum absolute atomic E-state index is 0.00392. The van der Waals surface area contributed by atoms with E-state index in [-0.39, 0.29) is 17.6 Å². The molecule has 30 heavy (non-hydrogen) atoms. The predicted molar refractivity (Wildman–Crippen MR) is 121 cm³/mol. The van der Waals surface area contributed by atoms with Crippen LogP contribution in [0, 0.1) is 0 Å². The van der Waals surface area contributed by atoms with Gasteiger partial charge in [0.15, 0.2) is 0 Å². The van der Waals surface area contributed by atoms with Crippen LogP contribution in [0.5, 0.6) is 0 Å². The molecule has 4 aromatic rings. The summed E-state index contributed by atoms with van der Waals surface area (Å²) >= 11 is 5.94. The lowest BCUT2D eigenvalue weighted by atomic mass is 9.90. The Morgan fingerprint density at radius 1 is 1.03 bits per heavy atom. The van der Waals surface area contributed by atoms with Crippen LogP contribution in [-0.2, 0) is 6.42 Å². The molecule has 1 saturated carbocycles. The fraction of sp³-hybridized carbons (Fsp3) is 0.292. The van der Waals surface area contributed by atoms with Crippen molar-refractivity contribution in [1.29, 1.82) is 0 Å². The van der Waals surface area contributed by atoms with Crippen molar-refractivity contribution in [3.8, 4) is 0 Å². The van der Waals surface area contributed by atoms with Crippen LogP contribution in [-0.4, -0.2) is 20.6 Å². The molecule has 2 atom stereocenters. The molecule has 6 heteroatoms. The molecule has 0 saturated heterocycles. The summed E-state index contributed by atoms with van der Waals surface area (Å²) in [5.41, 5.74) is 9.21. The topological polar surface area (TPSA) is 73.8 Å². The summed E-state index contributed by atoms with van der Waals surface area (Å²) in [5, 5.41) is 3.20. The van der Waals surface area contributed by atoms with Gasteiger partial charge in [-0.2, -0.15) is 0 Å². The molecule has 2 unspecified atom stereocenters. The van der Waals surface area contributed by atoms with Crippen LogP contribution in [0.4, 0.5) is 0 Å². The minimum Gasteiger partial charge on any atom is -0.326 e. The van der Waals surface area contributed by atoms with E-state index in [4.69, 9.17) is 22.3 Å². The first-order valence-corrected chi connectivity index (χ1v) is 10.8. The van der Waals surface area contributed by atoms with Crippen LogP contribution in [0.2, 0.25) is 5.15 Å². The summed E-state index contributed by atoms with van der Waals surface area (Å²) in [6.07, 6.45) is 8.22. The molecule has 0 bridgehead atoms. The third-order valence-corrected chi connectivity index (χ3v) is 6.42. The number of nitrogens with two attached hydrogens (primary N) is 1. The Morgan fingerprint density at radius 3 is 2.60 bits per heavy atom. The molecule has 1 aliphatic rings. The average molecular weight is 419 g/mol. The van der Waals surface area contributed by atoms with E-state index >= 15 is 0 Å². The Balaban J connectivity index is 1.70. The van der Waals surface area contributed by atoms with Crippen molar-refractivity contribution < 1.29 is 0 Å². The first kappa shape index (κ1) is 19.2. The van der Waals surface area contributed by atoms with Crippen molar-refractivity contribution in [2.24, 2.45) is 5.73 Å². The molecule has 0 radical (unpaired) electrons. The molecule has 152 valence electrons. The van der Waals surface area contributed by atoms with E-state index in [0.29, 0.717) is 17.0 Å². The van der Waals surface area contributed by atoms with Crippen molar-refractivity contribution in [1.82, 2.24) is 14.5 Å². The molecule has 0 spiro atoms. The largest absolute Gasteiger partial charge is 0.326 e. The van der Waals surface area contributed by atoms with Crippen molar-refractivity contribution in [2.45, 2.75) is 44.2 Å². The van der Waals surface area contributed by atoms with E-state index in [1.165, 1.54) is 0 Å². The second-order valence-electron chi connectivity index (χ2n) is 8.12. The molecule has 1 aliphatic carbocycles. The molecule has 2 heterocycles. The highest BCUT2D eigenvalue weighted by atomic mass is 35.5. The fourth-order valence-corrected chi connectivity index (χ4v) is 4.76. The van der Waals surface area contributed by atoms with Gasteiger partial charge in [-0.15, -0.1) is 0 Å². The molecule has 0 aliphatic heterocycles. The third-order valence-electron chi connectivity index (χ3n) is 6.20. The molecular formula is C24H23ClN4O. The van der Waals surface area contributed by atoms with Crippen LogP contribution in [0.15, 0.2) is 59.8 Å². The highest BCUT2D eigenvalue weighted by Crippen LogP contribution is 2.30. The number of pyridine rings is 1. The number of fused-ring (bicyclic) bond motifs is 3. The van der Waals surface area contributed by atoms with Gasteiger partial charge in [0.2, 0.25) is 0 Å².